The molecule has 2 aromatic carbocycles. The second kappa shape index (κ2) is 30.0. The van der Waals surface area contributed by atoms with Gasteiger partial charge in [0.15, 0.2) is 0 Å². The standard InChI is InChI=1S/C13H19NOS.C12H14ClN.C12H21N2.C10H12ClNO.C9H11IN2O/c1-14-9-2-3-11(14)8-10-16-13-6-4-12(15)5-7-13;13-12-4-3-10(7-14-12)11-6-8-1-2-9(11)5-8;1-4-14(2,3)11-10-13-12-8-6-5-7-9-12;11-10-5-4-9(6-12-10)13-7-8-2-1-3-8;10-7-3-9(5-11-4-7)13-6-8-1-2-12-8/h4-7,11,15H,2-3,8-10H2,1H3;3-4,7-9,11H,1-2,5-6H2;5-9,13H,4,10-11H2,1-3H3;4-6,8H,1-3,7H2;3-5,8,12H,1-2,6H2/q;;+1;;/t;;;;8-/m....0/s1. The van der Waals surface area contributed by atoms with Gasteiger partial charge >= 0.3 is 0 Å². The number of likely N-dealkylation sites (N-methyl/N-ethyl adjacent to an activating group) is 1. The molecule has 10 nitrogen and oxygen atoms in total. The lowest BCUT2D eigenvalue weighted by atomic mass is 9.84. The number of phenols is 1. The van der Waals surface area contributed by atoms with Crippen LogP contribution in [0.2, 0.25) is 10.3 Å². The SMILES string of the molecule is CC[N+](C)(C)CCNc1ccccc1.CN1CCCC1CCSc1ccc(O)cc1.Clc1ccc(C2CC3CCC2C3)cn1.Clc1ccc(OCC2CCC2)cn1.Ic1cncc(OC[C@@H]2CCN2)c1. The van der Waals surface area contributed by atoms with Crippen molar-refractivity contribution >= 4 is 63.2 Å². The topological polar surface area (TPSA) is 105 Å². The Hall–Kier alpha value is -3.37. The number of phenolic OH excluding ortho intramolecular Hbond substituents is 1. The Kier molecular flexibility index (Phi) is 24.0. The van der Waals surface area contributed by atoms with E-state index in [0.29, 0.717) is 22.1 Å². The zero-order chi connectivity index (χ0) is 49.6. The van der Waals surface area contributed by atoms with Crippen molar-refractivity contribution in [3.8, 4) is 17.2 Å². The van der Waals surface area contributed by atoms with Crippen LogP contribution in [-0.4, -0.2) is 114 Å². The van der Waals surface area contributed by atoms with E-state index in [1.807, 2.05) is 60.6 Å². The second-order valence-electron chi connectivity index (χ2n) is 19.9. The van der Waals surface area contributed by atoms with Gasteiger partial charge in [-0.3, -0.25) is 4.98 Å². The summed E-state index contributed by atoms with van der Waals surface area (Å²) >= 11 is 15.5. The number of likely N-dealkylation sites (tertiary alicyclic amines) is 1. The van der Waals surface area contributed by atoms with Crippen molar-refractivity contribution < 1.29 is 19.1 Å². The van der Waals surface area contributed by atoms with Crippen LogP contribution in [-0.2, 0) is 0 Å². The molecule has 14 heteroatoms. The number of anilines is 1. The maximum absolute atomic E-state index is 9.17. The first-order valence-electron chi connectivity index (χ1n) is 25.5. The van der Waals surface area contributed by atoms with Crippen LogP contribution in [0.15, 0.2) is 115 Å². The normalized spacial score (nSPS) is 21.2. The lowest BCUT2D eigenvalue weighted by Crippen LogP contribution is -2.46. The first-order chi connectivity index (χ1) is 33.9. The van der Waals surface area contributed by atoms with E-state index in [1.54, 1.807) is 30.6 Å². The summed E-state index contributed by atoms with van der Waals surface area (Å²) in [5, 5.41) is 17.0. The van der Waals surface area contributed by atoms with Gasteiger partial charge in [-0.2, -0.15) is 0 Å². The number of para-hydroxylation sites is 1. The average Bonchev–Trinajstić information content (AvgIpc) is 4.09. The minimum Gasteiger partial charge on any atom is -0.508 e. The molecule has 10 rings (SSSR count). The van der Waals surface area contributed by atoms with Gasteiger partial charge in [0.1, 0.15) is 34.2 Å². The fourth-order valence-corrected chi connectivity index (χ4v) is 10.8. The fraction of sp³-hybridized carbons (Fsp3) is 0.518. The Balaban J connectivity index is 0.000000144. The van der Waals surface area contributed by atoms with Crippen molar-refractivity contribution in [2.24, 2.45) is 17.8 Å². The summed E-state index contributed by atoms with van der Waals surface area (Å²) in [5.41, 5.74) is 2.62. The van der Waals surface area contributed by atoms with E-state index in [9.17, 15) is 5.11 Å². The zero-order valence-corrected chi connectivity index (χ0v) is 46.3. The molecule has 2 saturated heterocycles. The molecule has 0 radical (unpaired) electrons. The molecule has 5 heterocycles. The summed E-state index contributed by atoms with van der Waals surface area (Å²) in [5.74, 6) is 6.66. The number of aromatic hydroxyl groups is 1. The van der Waals surface area contributed by atoms with Crippen LogP contribution in [0, 0.1) is 21.3 Å². The van der Waals surface area contributed by atoms with Gasteiger partial charge in [0.05, 0.1) is 52.7 Å². The Bertz CT molecular complexity index is 2210. The molecule has 3 N–H and O–H groups in total. The maximum Gasteiger partial charge on any atom is 0.138 e. The Morgan fingerprint density at radius 3 is 2.14 bits per heavy atom. The number of pyridine rings is 3. The molecule has 3 aromatic heterocycles. The van der Waals surface area contributed by atoms with E-state index in [2.05, 4.69) is 111 Å². The third kappa shape index (κ3) is 20.3. The number of hydrogen-bond donors (Lipinski definition) is 3. The number of thioether (sulfide) groups is 1. The van der Waals surface area contributed by atoms with Crippen LogP contribution in [0.1, 0.15) is 89.0 Å². The molecule has 2 bridgehead atoms. The monoisotopic (exact) mass is 1120 g/mol. The van der Waals surface area contributed by atoms with Gasteiger partial charge < -0.3 is 34.6 Å². The highest BCUT2D eigenvalue weighted by Crippen LogP contribution is 2.52. The van der Waals surface area contributed by atoms with E-state index >= 15 is 0 Å². The van der Waals surface area contributed by atoms with Crippen LogP contribution in [0.4, 0.5) is 5.69 Å². The van der Waals surface area contributed by atoms with E-state index in [-0.39, 0.29) is 0 Å². The number of quaternary nitrogens is 1. The second-order valence-corrected chi connectivity index (χ2v) is 23.1. The number of nitrogens with zero attached hydrogens (tertiary/aromatic N) is 5. The highest BCUT2D eigenvalue weighted by molar-refractivity contribution is 14.1. The number of nitrogens with one attached hydrogen (secondary N) is 2. The first-order valence-corrected chi connectivity index (χ1v) is 28.3. The molecule has 4 unspecified atom stereocenters. The Morgan fingerprint density at radius 2 is 1.57 bits per heavy atom. The number of benzene rings is 2. The molecule has 0 spiro atoms. The Morgan fingerprint density at radius 1 is 0.829 bits per heavy atom. The van der Waals surface area contributed by atoms with Gasteiger partial charge in [0.25, 0.3) is 0 Å². The quantitative estimate of drug-likeness (QED) is 0.0383. The largest absolute Gasteiger partial charge is 0.508 e. The number of rotatable bonds is 16. The lowest BCUT2D eigenvalue weighted by molar-refractivity contribution is -0.886. The highest BCUT2D eigenvalue weighted by atomic mass is 127. The molecular weight excluding hydrogens is 1050 g/mol. The minimum atomic E-state index is 0.347. The summed E-state index contributed by atoms with van der Waals surface area (Å²) in [4.78, 5) is 15.9. The van der Waals surface area contributed by atoms with E-state index in [1.165, 1.54) is 106 Å². The molecule has 3 aliphatic carbocycles. The van der Waals surface area contributed by atoms with Crippen LogP contribution in [0.5, 0.6) is 17.2 Å². The number of ether oxygens (including phenoxy) is 2. The zero-order valence-electron chi connectivity index (χ0n) is 41.8. The Labute approximate surface area is 447 Å². The van der Waals surface area contributed by atoms with Gasteiger partial charge in [-0.05, 0) is 203 Å². The van der Waals surface area contributed by atoms with E-state index in [0.717, 1.165) is 82.1 Å². The molecular formula is C56H77Cl2IN7O3S+. The summed E-state index contributed by atoms with van der Waals surface area (Å²) in [6, 6.07) is 28.8. The third-order valence-corrected chi connectivity index (χ3v) is 16.4. The van der Waals surface area contributed by atoms with Gasteiger partial charge in [-0.25, -0.2) is 9.97 Å². The molecule has 5 aliphatic rings. The number of hydrogen-bond acceptors (Lipinski definition) is 10. The predicted octanol–water partition coefficient (Wildman–Crippen LogP) is 13.1. The summed E-state index contributed by atoms with van der Waals surface area (Å²) in [6.07, 6.45) is 22.1. The summed E-state index contributed by atoms with van der Waals surface area (Å²) < 4.78 is 13.3. The smallest absolute Gasteiger partial charge is 0.138 e. The van der Waals surface area contributed by atoms with Crippen molar-refractivity contribution in [1.82, 2.24) is 25.2 Å². The molecule has 5 atom stereocenters. The van der Waals surface area contributed by atoms with Crippen molar-refractivity contribution in [3.05, 3.63) is 129 Å². The van der Waals surface area contributed by atoms with Crippen LogP contribution < -0.4 is 20.1 Å². The van der Waals surface area contributed by atoms with Crippen molar-refractivity contribution in [3.63, 3.8) is 0 Å². The van der Waals surface area contributed by atoms with Crippen LogP contribution >= 0.6 is 57.6 Å². The van der Waals surface area contributed by atoms with E-state index < -0.39 is 0 Å². The number of fused-ring (bicyclic) bond motifs is 2. The molecule has 2 aliphatic heterocycles. The van der Waals surface area contributed by atoms with Gasteiger partial charge in [-0.1, -0.05) is 60.3 Å². The average molecular weight is 1130 g/mol. The predicted molar refractivity (Wildman–Crippen MR) is 300 cm³/mol. The summed E-state index contributed by atoms with van der Waals surface area (Å²) in [7, 11) is 6.74. The van der Waals surface area contributed by atoms with Crippen molar-refractivity contribution in [2.45, 2.75) is 100 Å². The van der Waals surface area contributed by atoms with Gasteiger partial charge in [0.2, 0.25) is 0 Å². The van der Waals surface area contributed by atoms with Crippen molar-refractivity contribution in [1.29, 1.82) is 0 Å². The van der Waals surface area contributed by atoms with Crippen molar-refractivity contribution in [2.75, 3.05) is 78.2 Å². The maximum atomic E-state index is 9.17. The third-order valence-electron chi connectivity index (χ3n) is 14.3. The molecule has 380 valence electrons. The minimum absolute atomic E-state index is 0.347. The van der Waals surface area contributed by atoms with Crippen LogP contribution in [0.25, 0.3) is 0 Å². The molecule has 5 aromatic rings. The van der Waals surface area contributed by atoms with Gasteiger partial charge in [-0.15, -0.1) is 11.8 Å². The van der Waals surface area contributed by atoms with E-state index in [4.69, 9.17) is 32.7 Å². The highest BCUT2D eigenvalue weighted by Gasteiger charge is 2.40. The van der Waals surface area contributed by atoms with Crippen LogP contribution in [0.3, 0.4) is 0 Å². The van der Waals surface area contributed by atoms with Gasteiger partial charge in [0, 0.05) is 38.6 Å². The molecule has 5 fully saturated rings. The molecule has 70 heavy (non-hydrogen) atoms. The first kappa shape index (κ1) is 55.9. The summed E-state index contributed by atoms with van der Waals surface area (Å²) in [6.45, 7) is 9.55. The number of aromatic nitrogens is 3. The number of halogens is 3. The molecule has 3 saturated carbocycles. The lowest BCUT2D eigenvalue weighted by Gasteiger charge is -2.28. The fourth-order valence-electron chi connectivity index (χ4n) is 9.16. The molecule has 0 amide bonds.